The van der Waals surface area contributed by atoms with Crippen molar-refractivity contribution in [3.8, 4) is 0 Å². The molecule has 0 aliphatic rings. The second kappa shape index (κ2) is 18.1. The van der Waals surface area contributed by atoms with Crippen LogP contribution in [0, 0.1) is 0 Å². The van der Waals surface area contributed by atoms with Crippen LogP contribution in [0.25, 0.3) is 0 Å². The Morgan fingerprint density at radius 1 is 0.759 bits per heavy atom. The Hall–Kier alpha value is -0.730. The van der Waals surface area contributed by atoms with Crippen LogP contribution in [0.1, 0.15) is 47.0 Å². The van der Waals surface area contributed by atoms with Gasteiger partial charge in [-0.2, -0.15) is 0 Å². The molecule has 7 nitrogen and oxygen atoms in total. The van der Waals surface area contributed by atoms with Crippen LogP contribution in [0.15, 0.2) is 0 Å². The normalized spacial score (nSPS) is 12.9. The zero-order chi connectivity index (χ0) is 22.1. The number of amides is 1. The number of hydrogen-bond donors (Lipinski definition) is 0. The quantitative estimate of drug-likeness (QED) is 0.301. The molecule has 0 aliphatic heterocycles. The lowest BCUT2D eigenvalue weighted by molar-refractivity contribution is -0.131. The molecule has 0 rings (SSSR count). The predicted molar refractivity (Wildman–Crippen MR) is 119 cm³/mol. The molecule has 0 radical (unpaired) electrons. The van der Waals surface area contributed by atoms with Crippen molar-refractivity contribution < 1.29 is 19.0 Å². The van der Waals surface area contributed by atoms with Crippen molar-refractivity contribution >= 4 is 5.91 Å². The number of likely N-dealkylation sites (N-methyl/N-ethyl adjacent to an activating group) is 1. The standard InChI is InChI=1S/C22H47N3O4/c1-8-21(4)24(6)13-15-28-17-19-29-18-16-27-14-10-22(26)25(7)12-9-11-23(5)20(2)3/h20-21H,8-19H2,1-7H3. The molecule has 1 unspecified atom stereocenters. The SMILES string of the molecule is CCC(C)N(C)CCOCCOCCOCCC(=O)N(C)CCCN(C)C(C)C. The molecule has 0 aliphatic carbocycles. The minimum atomic E-state index is 0.133. The lowest BCUT2D eigenvalue weighted by atomic mass is 10.2. The summed E-state index contributed by atoms with van der Waals surface area (Å²) in [6, 6.07) is 1.12. The summed E-state index contributed by atoms with van der Waals surface area (Å²) in [6.07, 6.45) is 2.56. The van der Waals surface area contributed by atoms with Gasteiger partial charge in [0.05, 0.1) is 46.1 Å². The van der Waals surface area contributed by atoms with E-state index in [2.05, 4.69) is 51.6 Å². The third-order valence-corrected chi connectivity index (χ3v) is 5.45. The first kappa shape index (κ1) is 28.3. The third-order valence-electron chi connectivity index (χ3n) is 5.45. The molecule has 29 heavy (non-hydrogen) atoms. The fourth-order valence-electron chi connectivity index (χ4n) is 2.57. The van der Waals surface area contributed by atoms with Crippen molar-refractivity contribution in [3.05, 3.63) is 0 Å². The summed E-state index contributed by atoms with van der Waals surface area (Å²) in [4.78, 5) is 18.5. The van der Waals surface area contributed by atoms with E-state index in [9.17, 15) is 4.79 Å². The molecule has 0 saturated carbocycles. The van der Waals surface area contributed by atoms with Crippen molar-refractivity contribution in [1.29, 1.82) is 0 Å². The number of hydrogen-bond acceptors (Lipinski definition) is 6. The minimum absolute atomic E-state index is 0.133. The Morgan fingerprint density at radius 3 is 1.86 bits per heavy atom. The van der Waals surface area contributed by atoms with Gasteiger partial charge in [0, 0.05) is 32.2 Å². The van der Waals surface area contributed by atoms with Crippen LogP contribution in [-0.4, -0.2) is 113 Å². The summed E-state index contributed by atoms with van der Waals surface area (Å²) >= 11 is 0. The molecule has 0 saturated heterocycles. The van der Waals surface area contributed by atoms with Gasteiger partial charge in [-0.3, -0.25) is 4.79 Å². The fourth-order valence-corrected chi connectivity index (χ4v) is 2.57. The molecule has 0 heterocycles. The zero-order valence-corrected chi connectivity index (χ0v) is 20.1. The largest absolute Gasteiger partial charge is 0.379 e. The second-order valence-corrected chi connectivity index (χ2v) is 8.07. The van der Waals surface area contributed by atoms with Gasteiger partial charge in [-0.15, -0.1) is 0 Å². The van der Waals surface area contributed by atoms with E-state index in [0.29, 0.717) is 51.5 Å². The van der Waals surface area contributed by atoms with E-state index < -0.39 is 0 Å². The van der Waals surface area contributed by atoms with E-state index in [1.54, 1.807) is 4.90 Å². The van der Waals surface area contributed by atoms with Gasteiger partial charge >= 0.3 is 0 Å². The highest BCUT2D eigenvalue weighted by Crippen LogP contribution is 2.00. The molecule has 0 aromatic rings. The maximum absolute atomic E-state index is 12.1. The molecule has 0 N–H and O–H groups in total. The van der Waals surface area contributed by atoms with Crippen molar-refractivity contribution in [2.75, 3.05) is 80.4 Å². The van der Waals surface area contributed by atoms with Crippen molar-refractivity contribution in [2.24, 2.45) is 0 Å². The first-order valence-electron chi connectivity index (χ1n) is 11.2. The van der Waals surface area contributed by atoms with Gasteiger partial charge < -0.3 is 28.9 Å². The van der Waals surface area contributed by atoms with E-state index in [4.69, 9.17) is 14.2 Å². The van der Waals surface area contributed by atoms with Crippen LogP contribution in [-0.2, 0) is 19.0 Å². The number of carbonyl (C=O) groups is 1. The van der Waals surface area contributed by atoms with E-state index >= 15 is 0 Å². The maximum atomic E-state index is 12.1. The average Bonchev–Trinajstić information content (AvgIpc) is 2.70. The predicted octanol–water partition coefficient (Wildman–Crippen LogP) is 2.35. The van der Waals surface area contributed by atoms with E-state index in [0.717, 1.165) is 39.1 Å². The average molecular weight is 418 g/mol. The Labute approximate surface area is 179 Å². The van der Waals surface area contributed by atoms with Crippen LogP contribution in [0.3, 0.4) is 0 Å². The van der Waals surface area contributed by atoms with E-state index in [-0.39, 0.29) is 5.91 Å². The van der Waals surface area contributed by atoms with Gasteiger partial charge in [0.25, 0.3) is 0 Å². The van der Waals surface area contributed by atoms with Crippen molar-refractivity contribution in [3.63, 3.8) is 0 Å². The third kappa shape index (κ3) is 15.7. The number of nitrogens with zero attached hydrogens (tertiary/aromatic N) is 3. The summed E-state index contributed by atoms with van der Waals surface area (Å²) in [5.74, 6) is 0.133. The second-order valence-electron chi connectivity index (χ2n) is 8.07. The molecule has 1 atom stereocenters. The molecule has 1 amide bonds. The first-order valence-corrected chi connectivity index (χ1v) is 11.2. The van der Waals surface area contributed by atoms with Crippen LogP contribution >= 0.6 is 0 Å². The summed E-state index contributed by atoms with van der Waals surface area (Å²) in [5.41, 5.74) is 0. The molecule has 0 fully saturated rings. The molecule has 0 bridgehead atoms. The molecular weight excluding hydrogens is 370 g/mol. The summed E-state index contributed by atoms with van der Waals surface area (Å²) < 4.78 is 16.6. The Balaban J connectivity index is 3.46. The van der Waals surface area contributed by atoms with Gasteiger partial charge in [-0.1, -0.05) is 6.92 Å². The summed E-state index contributed by atoms with van der Waals surface area (Å²) in [7, 11) is 6.10. The Morgan fingerprint density at radius 2 is 1.31 bits per heavy atom. The topological polar surface area (TPSA) is 54.5 Å². The molecule has 7 heteroatoms. The van der Waals surface area contributed by atoms with Crippen molar-refractivity contribution in [1.82, 2.24) is 14.7 Å². The van der Waals surface area contributed by atoms with Crippen LogP contribution in [0.5, 0.6) is 0 Å². The minimum Gasteiger partial charge on any atom is -0.379 e. The maximum Gasteiger partial charge on any atom is 0.224 e. The van der Waals surface area contributed by atoms with Gasteiger partial charge in [0.1, 0.15) is 0 Å². The highest BCUT2D eigenvalue weighted by atomic mass is 16.5. The first-order chi connectivity index (χ1) is 13.8. The lowest BCUT2D eigenvalue weighted by Gasteiger charge is -2.23. The number of ether oxygens (including phenoxy) is 3. The molecular formula is C22H47N3O4. The van der Waals surface area contributed by atoms with Crippen LogP contribution in [0.2, 0.25) is 0 Å². The van der Waals surface area contributed by atoms with Gasteiger partial charge in [-0.25, -0.2) is 0 Å². The van der Waals surface area contributed by atoms with Gasteiger partial charge in [0.2, 0.25) is 5.91 Å². The molecule has 0 aromatic heterocycles. The molecule has 174 valence electrons. The highest BCUT2D eigenvalue weighted by Gasteiger charge is 2.09. The number of rotatable bonds is 19. The van der Waals surface area contributed by atoms with E-state index in [1.807, 2.05) is 7.05 Å². The Kier molecular flexibility index (Phi) is 17.6. The lowest BCUT2D eigenvalue weighted by Crippen LogP contribution is -2.33. The van der Waals surface area contributed by atoms with Crippen LogP contribution < -0.4 is 0 Å². The number of carbonyl (C=O) groups excluding carboxylic acids is 1. The fraction of sp³-hybridized carbons (Fsp3) is 0.955. The van der Waals surface area contributed by atoms with Crippen LogP contribution in [0.4, 0.5) is 0 Å². The summed E-state index contributed by atoms with van der Waals surface area (Å²) in [6.45, 7) is 14.9. The van der Waals surface area contributed by atoms with Crippen molar-refractivity contribution in [2.45, 2.75) is 59.0 Å². The monoisotopic (exact) mass is 417 g/mol. The zero-order valence-electron chi connectivity index (χ0n) is 20.1. The molecule has 0 spiro atoms. The Bertz CT molecular complexity index is 396. The highest BCUT2D eigenvalue weighted by molar-refractivity contribution is 5.75. The van der Waals surface area contributed by atoms with Gasteiger partial charge in [0.15, 0.2) is 0 Å². The van der Waals surface area contributed by atoms with E-state index in [1.165, 1.54) is 0 Å². The smallest absolute Gasteiger partial charge is 0.224 e. The molecule has 0 aromatic carbocycles. The summed E-state index contributed by atoms with van der Waals surface area (Å²) in [5, 5.41) is 0. The van der Waals surface area contributed by atoms with Gasteiger partial charge in [-0.05, 0) is 54.3 Å².